The smallest absolute Gasteiger partial charge is 0.129 e. The van der Waals surface area contributed by atoms with Gasteiger partial charge >= 0.3 is 0 Å². The molecule has 0 bridgehead atoms. The lowest BCUT2D eigenvalue weighted by atomic mass is 10.2. The van der Waals surface area contributed by atoms with Crippen LogP contribution in [-0.2, 0) is 0 Å². The fourth-order valence-electron chi connectivity index (χ4n) is 2.22. The van der Waals surface area contributed by atoms with Gasteiger partial charge in [-0.15, -0.1) is 0 Å². The van der Waals surface area contributed by atoms with E-state index in [4.69, 9.17) is 11.6 Å². The summed E-state index contributed by atoms with van der Waals surface area (Å²) in [5.74, 6) is 1.90. The molecule has 1 aromatic rings. The molecule has 1 aromatic heterocycles. The Morgan fingerprint density at radius 1 is 1.43 bits per heavy atom. The summed E-state index contributed by atoms with van der Waals surface area (Å²) in [6.45, 7) is 2.14. The van der Waals surface area contributed by atoms with Gasteiger partial charge in [0.15, 0.2) is 0 Å². The number of nitrogens with one attached hydrogen (secondary N) is 1. The maximum atomic E-state index is 6.17. The molecule has 0 amide bonds. The molecule has 1 saturated heterocycles. The first-order valence-corrected chi connectivity index (χ1v) is 5.67. The van der Waals surface area contributed by atoms with Crippen LogP contribution >= 0.6 is 11.6 Å². The standard InChI is InChI=1S/C10H14ClN3/c11-9-6-13-10(7-1-2-7)14(9)8-3-4-12-5-8/h6-8,12H,1-5H2. The van der Waals surface area contributed by atoms with Crippen molar-refractivity contribution in [2.24, 2.45) is 0 Å². The van der Waals surface area contributed by atoms with Crippen molar-refractivity contribution in [3.63, 3.8) is 0 Å². The molecule has 4 heteroatoms. The van der Waals surface area contributed by atoms with E-state index in [0.717, 1.165) is 18.2 Å². The van der Waals surface area contributed by atoms with Gasteiger partial charge in [-0.05, 0) is 25.8 Å². The van der Waals surface area contributed by atoms with E-state index in [1.807, 2.05) is 0 Å². The predicted octanol–water partition coefficient (Wildman–Crippen LogP) is 1.95. The normalized spacial score (nSPS) is 27.1. The lowest BCUT2D eigenvalue weighted by Gasteiger charge is -2.15. The fourth-order valence-corrected chi connectivity index (χ4v) is 2.49. The van der Waals surface area contributed by atoms with Crippen LogP contribution in [0.5, 0.6) is 0 Å². The van der Waals surface area contributed by atoms with Crippen LogP contribution in [0.3, 0.4) is 0 Å². The van der Waals surface area contributed by atoms with E-state index in [1.54, 1.807) is 6.20 Å². The Morgan fingerprint density at radius 3 is 2.93 bits per heavy atom. The Hall–Kier alpha value is -0.540. The van der Waals surface area contributed by atoms with Gasteiger partial charge in [0.25, 0.3) is 0 Å². The molecule has 3 rings (SSSR count). The van der Waals surface area contributed by atoms with Gasteiger partial charge in [-0.2, -0.15) is 0 Å². The zero-order chi connectivity index (χ0) is 9.54. The lowest BCUT2D eigenvalue weighted by molar-refractivity contribution is 0.524. The molecule has 0 aromatic carbocycles. The molecule has 3 nitrogen and oxygen atoms in total. The van der Waals surface area contributed by atoms with Gasteiger partial charge in [0.2, 0.25) is 0 Å². The molecular formula is C10H14ClN3. The van der Waals surface area contributed by atoms with Crippen LogP contribution in [0.25, 0.3) is 0 Å². The number of halogens is 1. The topological polar surface area (TPSA) is 29.9 Å². The number of hydrogen-bond donors (Lipinski definition) is 1. The Balaban J connectivity index is 1.96. The molecule has 2 aliphatic rings. The van der Waals surface area contributed by atoms with Gasteiger partial charge in [0, 0.05) is 18.5 Å². The number of imidazole rings is 1. The van der Waals surface area contributed by atoms with Crippen molar-refractivity contribution in [1.29, 1.82) is 0 Å². The summed E-state index contributed by atoms with van der Waals surface area (Å²) in [6, 6.07) is 0.528. The summed E-state index contributed by atoms with van der Waals surface area (Å²) in [5, 5.41) is 4.17. The molecular weight excluding hydrogens is 198 g/mol. The van der Waals surface area contributed by atoms with Crippen LogP contribution < -0.4 is 5.32 Å². The number of hydrogen-bond acceptors (Lipinski definition) is 2. The second-order valence-electron chi connectivity index (χ2n) is 4.23. The number of rotatable bonds is 2. The summed E-state index contributed by atoms with van der Waals surface area (Å²) in [5.41, 5.74) is 0. The molecule has 1 unspecified atom stereocenters. The first-order valence-electron chi connectivity index (χ1n) is 5.29. The van der Waals surface area contributed by atoms with E-state index in [9.17, 15) is 0 Å². The number of nitrogens with zero attached hydrogens (tertiary/aromatic N) is 2. The first-order chi connectivity index (χ1) is 6.86. The second kappa shape index (κ2) is 3.24. The second-order valence-corrected chi connectivity index (χ2v) is 4.62. The third kappa shape index (κ3) is 1.35. The van der Waals surface area contributed by atoms with E-state index in [0.29, 0.717) is 12.0 Å². The van der Waals surface area contributed by atoms with Crippen LogP contribution in [-0.4, -0.2) is 22.6 Å². The quantitative estimate of drug-likeness (QED) is 0.811. The Bertz CT molecular complexity index is 337. The maximum absolute atomic E-state index is 6.17. The highest BCUT2D eigenvalue weighted by molar-refractivity contribution is 6.29. The third-order valence-electron chi connectivity index (χ3n) is 3.12. The summed E-state index contributed by atoms with van der Waals surface area (Å²) < 4.78 is 2.24. The van der Waals surface area contributed by atoms with Crippen molar-refractivity contribution in [2.45, 2.75) is 31.2 Å². The van der Waals surface area contributed by atoms with Crippen LogP contribution in [0, 0.1) is 0 Å². The summed E-state index contributed by atoms with van der Waals surface area (Å²) in [6.07, 6.45) is 5.55. The highest BCUT2D eigenvalue weighted by atomic mass is 35.5. The largest absolute Gasteiger partial charge is 0.315 e. The van der Waals surface area contributed by atoms with Crippen molar-refractivity contribution >= 4 is 11.6 Å². The average molecular weight is 212 g/mol. The highest BCUT2D eigenvalue weighted by Crippen LogP contribution is 2.41. The Labute approximate surface area is 88.5 Å². The van der Waals surface area contributed by atoms with Crippen LogP contribution in [0.15, 0.2) is 6.20 Å². The zero-order valence-electron chi connectivity index (χ0n) is 8.04. The lowest BCUT2D eigenvalue weighted by Crippen LogP contribution is -2.15. The Morgan fingerprint density at radius 2 is 2.29 bits per heavy atom. The fraction of sp³-hybridized carbons (Fsp3) is 0.700. The van der Waals surface area contributed by atoms with Gasteiger partial charge in [-0.25, -0.2) is 4.98 Å². The molecule has 76 valence electrons. The Kier molecular flexibility index (Phi) is 2.03. The molecule has 1 N–H and O–H groups in total. The molecule has 1 aliphatic heterocycles. The average Bonchev–Trinajstić information content (AvgIpc) is 2.75. The van der Waals surface area contributed by atoms with Gasteiger partial charge in [0.05, 0.1) is 6.20 Å². The van der Waals surface area contributed by atoms with Gasteiger partial charge in [-0.3, -0.25) is 0 Å². The van der Waals surface area contributed by atoms with E-state index in [1.165, 1.54) is 25.1 Å². The van der Waals surface area contributed by atoms with Gasteiger partial charge in [0.1, 0.15) is 11.0 Å². The molecule has 0 radical (unpaired) electrons. The minimum absolute atomic E-state index is 0.528. The van der Waals surface area contributed by atoms with E-state index < -0.39 is 0 Å². The molecule has 2 fully saturated rings. The van der Waals surface area contributed by atoms with Crippen LogP contribution in [0.1, 0.15) is 37.0 Å². The van der Waals surface area contributed by atoms with E-state index in [-0.39, 0.29) is 0 Å². The van der Waals surface area contributed by atoms with Crippen LogP contribution in [0.2, 0.25) is 5.15 Å². The number of aromatic nitrogens is 2. The zero-order valence-corrected chi connectivity index (χ0v) is 8.80. The van der Waals surface area contributed by atoms with Crippen molar-refractivity contribution in [1.82, 2.24) is 14.9 Å². The highest BCUT2D eigenvalue weighted by Gasteiger charge is 2.32. The van der Waals surface area contributed by atoms with Gasteiger partial charge < -0.3 is 9.88 Å². The SMILES string of the molecule is Clc1cnc(C2CC2)n1C1CCNC1. The third-order valence-corrected chi connectivity index (χ3v) is 3.40. The molecule has 1 saturated carbocycles. The van der Waals surface area contributed by atoms with Crippen molar-refractivity contribution < 1.29 is 0 Å². The maximum Gasteiger partial charge on any atom is 0.129 e. The minimum Gasteiger partial charge on any atom is -0.315 e. The van der Waals surface area contributed by atoms with Crippen molar-refractivity contribution in [2.75, 3.05) is 13.1 Å². The van der Waals surface area contributed by atoms with Crippen LogP contribution in [0.4, 0.5) is 0 Å². The van der Waals surface area contributed by atoms with E-state index >= 15 is 0 Å². The molecule has 1 aliphatic carbocycles. The summed E-state index contributed by atoms with van der Waals surface area (Å²) in [4.78, 5) is 4.43. The predicted molar refractivity (Wildman–Crippen MR) is 55.7 cm³/mol. The monoisotopic (exact) mass is 211 g/mol. The summed E-state index contributed by atoms with van der Waals surface area (Å²) >= 11 is 6.17. The molecule has 14 heavy (non-hydrogen) atoms. The minimum atomic E-state index is 0.528. The first kappa shape index (κ1) is 8.74. The van der Waals surface area contributed by atoms with Crippen molar-refractivity contribution in [3.8, 4) is 0 Å². The van der Waals surface area contributed by atoms with Gasteiger partial charge in [-0.1, -0.05) is 11.6 Å². The summed E-state index contributed by atoms with van der Waals surface area (Å²) in [7, 11) is 0. The van der Waals surface area contributed by atoms with E-state index in [2.05, 4.69) is 14.9 Å². The molecule has 1 atom stereocenters. The molecule has 0 spiro atoms. The molecule has 2 heterocycles. The van der Waals surface area contributed by atoms with Crippen molar-refractivity contribution in [3.05, 3.63) is 17.2 Å².